The first kappa shape index (κ1) is 11.6. The third-order valence-electron chi connectivity index (χ3n) is 2.22. The number of nitrogens with one attached hydrogen (secondary N) is 1. The van der Waals surface area contributed by atoms with E-state index in [2.05, 4.69) is 20.6 Å². The predicted octanol–water partition coefficient (Wildman–Crippen LogP) is 0.720. The molecule has 0 aliphatic rings. The lowest BCUT2D eigenvalue weighted by Gasteiger charge is -2.26. The summed E-state index contributed by atoms with van der Waals surface area (Å²) in [5, 5.41) is 13.0. The summed E-state index contributed by atoms with van der Waals surface area (Å²) >= 11 is 0. The smallest absolute Gasteiger partial charge is 0.313 e. The number of hydrogen-bond acceptors (Lipinski definition) is 5. The average Bonchev–Trinajstić information content (AvgIpc) is 2.54. The average molecular weight is 212 g/mol. The number of rotatable bonds is 3. The van der Waals surface area contributed by atoms with Crippen LogP contribution >= 0.6 is 0 Å². The van der Waals surface area contributed by atoms with Crippen LogP contribution in [0.25, 0.3) is 0 Å². The standard InChI is InChI=1S/C9H16N4O2/c1-6(9(2,3)4)15-8(14)5-7-10-12-13-11-7/h6H,5H2,1-4H3,(H,10,11,12,13)/t6-/m1/s1. The van der Waals surface area contributed by atoms with E-state index in [0.29, 0.717) is 5.82 Å². The molecule has 6 nitrogen and oxygen atoms in total. The predicted molar refractivity (Wildman–Crippen MR) is 52.9 cm³/mol. The molecule has 1 rings (SSSR count). The lowest BCUT2D eigenvalue weighted by Crippen LogP contribution is -2.29. The van der Waals surface area contributed by atoms with Crippen LogP contribution in [0.4, 0.5) is 0 Å². The van der Waals surface area contributed by atoms with Crippen molar-refractivity contribution in [2.45, 2.75) is 40.2 Å². The van der Waals surface area contributed by atoms with E-state index in [1.165, 1.54) is 0 Å². The topological polar surface area (TPSA) is 80.8 Å². The van der Waals surface area contributed by atoms with Crippen molar-refractivity contribution in [3.63, 3.8) is 0 Å². The largest absolute Gasteiger partial charge is 0.462 e. The van der Waals surface area contributed by atoms with Crippen LogP contribution in [-0.4, -0.2) is 32.7 Å². The number of carbonyl (C=O) groups excluding carboxylic acids is 1. The van der Waals surface area contributed by atoms with E-state index in [0.717, 1.165) is 0 Å². The number of nitrogens with zero attached hydrogens (tertiary/aromatic N) is 3. The molecule has 0 saturated heterocycles. The molecule has 84 valence electrons. The fourth-order valence-corrected chi connectivity index (χ4v) is 0.802. The third kappa shape index (κ3) is 3.65. The summed E-state index contributed by atoms with van der Waals surface area (Å²) in [5.74, 6) is 0.0138. The summed E-state index contributed by atoms with van der Waals surface area (Å²) in [6.07, 6.45) is -0.0893. The zero-order valence-electron chi connectivity index (χ0n) is 9.44. The fourth-order valence-electron chi connectivity index (χ4n) is 0.802. The molecule has 0 bridgehead atoms. The van der Waals surface area contributed by atoms with Crippen LogP contribution in [0.1, 0.15) is 33.5 Å². The number of H-pyrrole nitrogens is 1. The van der Waals surface area contributed by atoms with Gasteiger partial charge in [-0.15, -0.1) is 10.2 Å². The fraction of sp³-hybridized carbons (Fsp3) is 0.778. The first-order valence-corrected chi connectivity index (χ1v) is 4.81. The molecule has 0 fully saturated rings. The number of aromatic amines is 1. The summed E-state index contributed by atoms with van der Waals surface area (Å²) in [6.45, 7) is 7.91. The zero-order chi connectivity index (χ0) is 11.5. The van der Waals surface area contributed by atoms with Gasteiger partial charge in [0.05, 0.1) is 0 Å². The maximum absolute atomic E-state index is 11.4. The minimum absolute atomic E-state index is 0.0525. The van der Waals surface area contributed by atoms with Gasteiger partial charge in [-0.1, -0.05) is 26.0 Å². The number of aromatic nitrogens is 4. The Balaban J connectivity index is 2.43. The molecule has 1 aromatic rings. The van der Waals surface area contributed by atoms with Crippen LogP contribution in [0.3, 0.4) is 0 Å². The van der Waals surface area contributed by atoms with Crippen molar-refractivity contribution < 1.29 is 9.53 Å². The molecular formula is C9H16N4O2. The summed E-state index contributed by atoms with van der Waals surface area (Å²) in [4.78, 5) is 11.4. The van der Waals surface area contributed by atoms with Gasteiger partial charge in [-0.25, -0.2) is 0 Å². The molecule has 1 atom stereocenters. The minimum Gasteiger partial charge on any atom is -0.462 e. The Labute approximate surface area is 88.4 Å². The Hall–Kier alpha value is -1.46. The van der Waals surface area contributed by atoms with Crippen molar-refractivity contribution in [3.05, 3.63) is 5.82 Å². The maximum Gasteiger partial charge on any atom is 0.313 e. The van der Waals surface area contributed by atoms with E-state index in [9.17, 15) is 4.79 Å². The number of hydrogen-bond donors (Lipinski definition) is 1. The Morgan fingerprint density at radius 2 is 2.20 bits per heavy atom. The van der Waals surface area contributed by atoms with E-state index in [4.69, 9.17) is 4.74 Å². The molecule has 6 heteroatoms. The van der Waals surface area contributed by atoms with Crippen molar-refractivity contribution in [2.24, 2.45) is 5.41 Å². The summed E-state index contributed by atoms with van der Waals surface area (Å²) < 4.78 is 5.23. The van der Waals surface area contributed by atoms with Gasteiger partial charge in [0.25, 0.3) is 0 Å². The summed E-state index contributed by atoms with van der Waals surface area (Å²) in [6, 6.07) is 0. The van der Waals surface area contributed by atoms with Gasteiger partial charge < -0.3 is 4.74 Å². The van der Waals surface area contributed by atoms with Crippen LogP contribution in [0.2, 0.25) is 0 Å². The molecule has 1 N–H and O–H groups in total. The first-order valence-electron chi connectivity index (χ1n) is 4.81. The minimum atomic E-state index is -0.334. The zero-order valence-corrected chi connectivity index (χ0v) is 9.44. The third-order valence-corrected chi connectivity index (χ3v) is 2.22. The monoisotopic (exact) mass is 212 g/mol. The molecule has 1 heterocycles. The molecule has 0 aliphatic carbocycles. The lowest BCUT2D eigenvalue weighted by atomic mass is 9.90. The van der Waals surface area contributed by atoms with Gasteiger partial charge in [0.15, 0.2) is 5.82 Å². The lowest BCUT2D eigenvalue weighted by molar-refractivity contribution is -0.152. The van der Waals surface area contributed by atoms with Gasteiger partial charge in [-0.2, -0.15) is 5.21 Å². The van der Waals surface area contributed by atoms with Crippen LogP contribution in [0.5, 0.6) is 0 Å². The van der Waals surface area contributed by atoms with Gasteiger partial charge in [-0.05, 0) is 12.3 Å². The Kier molecular flexibility index (Phi) is 3.39. The maximum atomic E-state index is 11.4. The van der Waals surface area contributed by atoms with E-state index in [1.807, 2.05) is 27.7 Å². The van der Waals surface area contributed by atoms with Gasteiger partial charge in [0.1, 0.15) is 12.5 Å². The van der Waals surface area contributed by atoms with Crippen LogP contribution < -0.4 is 0 Å². The van der Waals surface area contributed by atoms with E-state index in [1.54, 1.807) is 0 Å². The molecule has 0 aliphatic heterocycles. The first-order chi connectivity index (χ1) is 6.89. The Bertz CT molecular complexity index is 315. The van der Waals surface area contributed by atoms with Gasteiger partial charge in [-0.3, -0.25) is 4.79 Å². The van der Waals surface area contributed by atoms with Crippen LogP contribution in [-0.2, 0) is 16.0 Å². The number of tetrazole rings is 1. The molecule has 15 heavy (non-hydrogen) atoms. The second kappa shape index (κ2) is 4.37. The molecular weight excluding hydrogens is 196 g/mol. The number of carbonyl (C=O) groups is 1. The number of ether oxygens (including phenoxy) is 1. The molecule has 0 amide bonds. The summed E-state index contributed by atoms with van der Waals surface area (Å²) in [5.41, 5.74) is -0.0626. The highest BCUT2D eigenvalue weighted by molar-refractivity contribution is 5.71. The highest BCUT2D eigenvalue weighted by Crippen LogP contribution is 2.21. The second-order valence-corrected chi connectivity index (χ2v) is 4.50. The van der Waals surface area contributed by atoms with Gasteiger partial charge in [0.2, 0.25) is 0 Å². The molecule has 1 aromatic heterocycles. The Morgan fingerprint density at radius 3 is 2.67 bits per heavy atom. The van der Waals surface area contributed by atoms with Crippen molar-refractivity contribution >= 4 is 5.97 Å². The summed E-state index contributed by atoms with van der Waals surface area (Å²) in [7, 11) is 0. The molecule has 0 saturated carbocycles. The second-order valence-electron chi connectivity index (χ2n) is 4.50. The molecule has 0 aromatic carbocycles. The highest BCUT2D eigenvalue weighted by atomic mass is 16.5. The van der Waals surface area contributed by atoms with Gasteiger partial charge >= 0.3 is 5.97 Å². The van der Waals surface area contributed by atoms with Crippen molar-refractivity contribution in [3.8, 4) is 0 Å². The van der Waals surface area contributed by atoms with Crippen molar-refractivity contribution in [1.82, 2.24) is 20.6 Å². The van der Waals surface area contributed by atoms with E-state index >= 15 is 0 Å². The molecule has 0 spiro atoms. The highest BCUT2D eigenvalue weighted by Gasteiger charge is 2.24. The van der Waals surface area contributed by atoms with Crippen molar-refractivity contribution in [2.75, 3.05) is 0 Å². The SMILES string of the molecule is C[C@@H](OC(=O)Cc1nn[nH]n1)C(C)(C)C. The molecule has 0 unspecified atom stereocenters. The molecule has 0 radical (unpaired) electrons. The van der Waals surface area contributed by atoms with Crippen LogP contribution in [0, 0.1) is 5.41 Å². The quantitative estimate of drug-likeness (QED) is 0.746. The van der Waals surface area contributed by atoms with Gasteiger partial charge in [0, 0.05) is 0 Å². The van der Waals surface area contributed by atoms with E-state index in [-0.39, 0.29) is 23.9 Å². The van der Waals surface area contributed by atoms with Crippen molar-refractivity contribution in [1.29, 1.82) is 0 Å². The van der Waals surface area contributed by atoms with Crippen LogP contribution in [0.15, 0.2) is 0 Å². The Morgan fingerprint density at radius 1 is 1.53 bits per heavy atom. The van der Waals surface area contributed by atoms with E-state index < -0.39 is 0 Å². The number of esters is 1. The normalized spacial score (nSPS) is 13.6.